The minimum atomic E-state index is -0.429. The maximum absolute atomic E-state index is 13.0. The number of aryl methyl sites for hydroxylation is 1. The zero-order chi connectivity index (χ0) is 14.5. The second-order valence-electron chi connectivity index (χ2n) is 3.85. The van der Waals surface area contributed by atoms with Crippen molar-refractivity contribution in [3.8, 4) is 0 Å². The minimum Gasteiger partial charge on any atom is -0.465 e. The van der Waals surface area contributed by atoms with E-state index in [1.807, 2.05) is 0 Å². The molecule has 0 radical (unpaired) electrons. The van der Waals surface area contributed by atoms with E-state index < -0.39 is 5.97 Å². The molecule has 0 aliphatic carbocycles. The lowest BCUT2D eigenvalue weighted by Gasteiger charge is -1.94. The molecule has 0 saturated carbocycles. The molecule has 0 atom stereocenters. The van der Waals surface area contributed by atoms with Gasteiger partial charge < -0.3 is 4.74 Å². The number of halogens is 1. The Morgan fingerprint density at radius 2 is 2.35 bits per heavy atom. The largest absolute Gasteiger partial charge is 0.465 e. The number of hydrogen-bond acceptors (Lipinski definition) is 6. The summed E-state index contributed by atoms with van der Waals surface area (Å²) in [6, 6.07) is 6.04. The summed E-state index contributed by atoms with van der Waals surface area (Å²) >= 11 is 1.15. The van der Waals surface area contributed by atoms with Crippen LogP contribution < -0.4 is 5.43 Å². The molecule has 7 heteroatoms. The average molecular weight is 293 g/mol. The molecule has 1 aromatic carbocycles. The van der Waals surface area contributed by atoms with Gasteiger partial charge in [-0.2, -0.15) is 5.10 Å². The molecule has 5 nitrogen and oxygen atoms in total. The van der Waals surface area contributed by atoms with Crippen molar-refractivity contribution in [1.82, 2.24) is 4.98 Å². The molecular weight excluding hydrogens is 281 g/mol. The van der Waals surface area contributed by atoms with Crippen molar-refractivity contribution in [1.29, 1.82) is 0 Å². The first-order chi connectivity index (χ1) is 9.60. The van der Waals surface area contributed by atoms with E-state index in [9.17, 15) is 9.18 Å². The van der Waals surface area contributed by atoms with Gasteiger partial charge in [-0.25, -0.2) is 14.2 Å². The molecule has 104 valence electrons. The number of ether oxygens (including phenoxy) is 1. The van der Waals surface area contributed by atoms with Gasteiger partial charge in [0.05, 0.1) is 19.0 Å². The van der Waals surface area contributed by atoms with Crippen molar-refractivity contribution >= 4 is 28.7 Å². The third-order valence-electron chi connectivity index (χ3n) is 2.39. The quantitative estimate of drug-likeness (QED) is 0.535. The van der Waals surface area contributed by atoms with Crippen LogP contribution in [0.5, 0.6) is 0 Å². The van der Waals surface area contributed by atoms with Gasteiger partial charge in [-0.05, 0) is 24.6 Å². The normalized spacial score (nSPS) is 10.8. The number of aromatic nitrogens is 1. The molecule has 1 N–H and O–H groups in total. The number of carbonyl (C=O) groups excluding carboxylic acids is 1. The average Bonchev–Trinajstić information content (AvgIpc) is 2.79. The SMILES string of the molecule is COC(=O)c1sc(N/N=C\c2cccc(F)c2)nc1C. The summed E-state index contributed by atoms with van der Waals surface area (Å²) in [6.07, 6.45) is 1.47. The Bertz CT molecular complexity index is 655. The predicted octanol–water partition coefficient (Wildman–Crippen LogP) is 2.82. The summed E-state index contributed by atoms with van der Waals surface area (Å²) in [5.74, 6) is -0.755. The first-order valence-corrected chi connectivity index (χ1v) is 6.52. The van der Waals surface area contributed by atoms with E-state index in [1.165, 1.54) is 25.5 Å². The zero-order valence-electron chi connectivity index (χ0n) is 10.9. The molecule has 1 aromatic heterocycles. The Hall–Kier alpha value is -2.28. The van der Waals surface area contributed by atoms with Crippen LogP contribution in [0.15, 0.2) is 29.4 Å². The molecule has 1 heterocycles. The number of methoxy groups -OCH3 is 1. The van der Waals surface area contributed by atoms with E-state index in [-0.39, 0.29) is 5.82 Å². The van der Waals surface area contributed by atoms with Gasteiger partial charge in [-0.1, -0.05) is 23.5 Å². The van der Waals surface area contributed by atoms with Crippen LogP contribution in [0.4, 0.5) is 9.52 Å². The molecule has 2 rings (SSSR count). The van der Waals surface area contributed by atoms with Crippen molar-refractivity contribution < 1.29 is 13.9 Å². The topological polar surface area (TPSA) is 63.6 Å². The first-order valence-electron chi connectivity index (χ1n) is 5.70. The Morgan fingerprint density at radius 1 is 1.55 bits per heavy atom. The number of hydrazone groups is 1. The Morgan fingerprint density at radius 3 is 3.05 bits per heavy atom. The summed E-state index contributed by atoms with van der Waals surface area (Å²) in [6.45, 7) is 1.71. The summed E-state index contributed by atoms with van der Waals surface area (Å²) in [5.41, 5.74) is 3.90. The maximum Gasteiger partial charge on any atom is 0.350 e. The maximum atomic E-state index is 13.0. The van der Waals surface area contributed by atoms with E-state index in [0.29, 0.717) is 21.3 Å². The second kappa shape index (κ2) is 6.25. The molecule has 0 bridgehead atoms. The van der Waals surface area contributed by atoms with Crippen LogP contribution in [0.2, 0.25) is 0 Å². The highest BCUT2D eigenvalue weighted by Gasteiger charge is 2.15. The number of thiazole rings is 1. The number of nitrogens with one attached hydrogen (secondary N) is 1. The van der Waals surface area contributed by atoms with Gasteiger partial charge in [0.2, 0.25) is 5.13 Å². The second-order valence-corrected chi connectivity index (χ2v) is 4.85. The standard InChI is InChI=1S/C13H12FN3O2S/c1-8-11(12(18)19-2)20-13(16-8)17-15-7-9-4-3-5-10(14)6-9/h3-7H,1-2H3,(H,16,17)/b15-7-. The highest BCUT2D eigenvalue weighted by molar-refractivity contribution is 7.17. The molecule has 20 heavy (non-hydrogen) atoms. The fourth-order valence-electron chi connectivity index (χ4n) is 1.48. The van der Waals surface area contributed by atoms with Crippen LogP contribution in [-0.2, 0) is 4.74 Å². The van der Waals surface area contributed by atoms with Gasteiger partial charge in [0.1, 0.15) is 10.7 Å². The van der Waals surface area contributed by atoms with Crippen molar-refractivity contribution in [2.75, 3.05) is 12.5 Å². The number of carbonyl (C=O) groups is 1. The third-order valence-corrected chi connectivity index (χ3v) is 3.43. The molecule has 0 aliphatic heterocycles. The van der Waals surface area contributed by atoms with Gasteiger partial charge in [0.25, 0.3) is 0 Å². The molecule has 0 aliphatic rings. The molecule has 0 saturated heterocycles. The van der Waals surface area contributed by atoms with Crippen LogP contribution >= 0.6 is 11.3 Å². The van der Waals surface area contributed by atoms with Gasteiger partial charge in [-0.3, -0.25) is 5.43 Å². The van der Waals surface area contributed by atoms with Crippen LogP contribution in [0.3, 0.4) is 0 Å². The van der Waals surface area contributed by atoms with Crippen molar-refractivity contribution in [2.45, 2.75) is 6.92 Å². The molecule has 0 fully saturated rings. The van der Waals surface area contributed by atoms with Gasteiger partial charge >= 0.3 is 5.97 Å². The lowest BCUT2D eigenvalue weighted by Crippen LogP contribution is -1.99. The van der Waals surface area contributed by atoms with Gasteiger partial charge in [0.15, 0.2) is 0 Å². The molecule has 2 aromatic rings. The number of esters is 1. The Balaban J connectivity index is 2.06. The van der Waals surface area contributed by atoms with Crippen LogP contribution in [0, 0.1) is 12.7 Å². The zero-order valence-corrected chi connectivity index (χ0v) is 11.7. The molecule has 0 spiro atoms. The van der Waals surface area contributed by atoms with Crippen LogP contribution in [0.1, 0.15) is 20.9 Å². The lowest BCUT2D eigenvalue weighted by atomic mass is 10.2. The van der Waals surface area contributed by atoms with Crippen molar-refractivity contribution in [2.24, 2.45) is 5.10 Å². The fraction of sp³-hybridized carbons (Fsp3) is 0.154. The number of anilines is 1. The van der Waals surface area contributed by atoms with Gasteiger partial charge in [-0.15, -0.1) is 0 Å². The summed E-state index contributed by atoms with van der Waals surface area (Å²) in [5, 5.41) is 4.41. The van der Waals surface area contributed by atoms with E-state index >= 15 is 0 Å². The first kappa shape index (κ1) is 14.1. The summed E-state index contributed by atoms with van der Waals surface area (Å²) < 4.78 is 17.6. The fourth-order valence-corrected chi connectivity index (χ4v) is 2.31. The summed E-state index contributed by atoms with van der Waals surface area (Å²) in [4.78, 5) is 16.0. The Kier molecular flexibility index (Phi) is 4.41. The van der Waals surface area contributed by atoms with E-state index in [2.05, 4.69) is 20.2 Å². The van der Waals surface area contributed by atoms with Crippen LogP contribution in [0.25, 0.3) is 0 Å². The molecule has 0 amide bonds. The number of hydrogen-bond donors (Lipinski definition) is 1. The smallest absolute Gasteiger partial charge is 0.350 e. The van der Waals surface area contributed by atoms with Crippen molar-refractivity contribution in [3.05, 3.63) is 46.2 Å². The number of nitrogens with zero attached hydrogens (tertiary/aromatic N) is 2. The highest BCUT2D eigenvalue weighted by Crippen LogP contribution is 2.23. The molecular formula is C13H12FN3O2S. The van der Waals surface area contributed by atoms with E-state index in [0.717, 1.165) is 11.3 Å². The number of benzene rings is 1. The van der Waals surface area contributed by atoms with Crippen molar-refractivity contribution in [3.63, 3.8) is 0 Å². The van der Waals surface area contributed by atoms with Gasteiger partial charge in [0, 0.05) is 0 Å². The van der Waals surface area contributed by atoms with E-state index in [4.69, 9.17) is 0 Å². The van der Waals surface area contributed by atoms with E-state index in [1.54, 1.807) is 19.1 Å². The third kappa shape index (κ3) is 3.39. The lowest BCUT2D eigenvalue weighted by molar-refractivity contribution is 0.0605. The number of rotatable bonds is 4. The monoisotopic (exact) mass is 293 g/mol. The molecule has 0 unspecified atom stereocenters. The Labute approximate surface area is 119 Å². The minimum absolute atomic E-state index is 0.327. The van der Waals surface area contributed by atoms with Crippen LogP contribution in [-0.4, -0.2) is 24.3 Å². The predicted molar refractivity (Wildman–Crippen MR) is 75.8 cm³/mol. The highest BCUT2D eigenvalue weighted by atomic mass is 32.1. The summed E-state index contributed by atoms with van der Waals surface area (Å²) in [7, 11) is 1.32.